The molecule has 4 nitrogen and oxygen atoms in total. The summed E-state index contributed by atoms with van der Waals surface area (Å²) in [5, 5.41) is 3.20. The lowest BCUT2D eigenvalue weighted by Crippen LogP contribution is -2.34. The smallest absolute Gasteiger partial charge is 0.151 e. The van der Waals surface area contributed by atoms with E-state index >= 15 is 0 Å². The zero-order valence-electron chi connectivity index (χ0n) is 11.5. The third-order valence-electron chi connectivity index (χ3n) is 2.35. The zero-order valence-corrected chi connectivity index (χ0v) is 12.3. The predicted molar refractivity (Wildman–Crippen MR) is 72.1 cm³/mol. The topological polar surface area (TPSA) is 55.4 Å². The summed E-state index contributed by atoms with van der Waals surface area (Å²) in [6.45, 7) is 10.2. The van der Waals surface area contributed by atoms with Gasteiger partial charge in [-0.05, 0) is 25.8 Å². The van der Waals surface area contributed by atoms with E-state index in [1.54, 1.807) is 6.92 Å². The van der Waals surface area contributed by atoms with Crippen LogP contribution in [0, 0.1) is 5.92 Å². The molecule has 17 heavy (non-hydrogen) atoms. The Kier molecular flexibility index (Phi) is 8.82. The summed E-state index contributed by atoms with van der Waals surface area (Å²) in [5.41, 5.74) is 0. The number of sulfone groups is 1. The van der Waals surface area contributed by atoms with Gasteiger partial charge in [0, 0.05) is 25.0 Å². The van der Waals surface area contributed by atoms with E-state index in [4.69, 9.17) is 4.74 Å². The van der Waals surface area contributed by atoms with E-state index in [1.165, 1.54) is 0 Å². The third-order valence-corrected chi connectivity index (χ3v) is 4.24. The molecule has 1 N–H and O–H groups in total. The van der Waals surface area contributed by atoms with E-state index in [9.17, 15) is 8.42 Å². The van der Waals surface area contributed by atoms with Crippen molar-refractivity contribution in [3.63, 3.8) is 0 Å². The van der Waals surface area contributed by atoms with Crippen molar-refractivity contribution in [3.8, 4) is 0 Å². The van der Waals surface area contributed by atoms with Crippen molar-refractivity contribution >= 4 is 9.84 Å². The van der Waals surface area contributed by atoms with Crippen LogP contribution in [-0.2, 0) is 14.6 Å². The summed E-state index contributed by atoms with van der Waals surface area (Å²) in [5.74, 6) is 1.00. The second-order valence-electron chi connectivity index (χ2n) is 4.88. The van der Waals surface area contributed by atoms with Gasteiger partial charge in [-0.2, -0.15) is 0 Å². The van der Waals surface area contributed by atoms with Crippen LogP contribution in [0.25, 0.3) is 0 Å². The minimum absolute atomic E-state index is 0.0186. The molecule has 1 unspecified atom stereocenters. The molecule has 0 spiro atoms. The first-order valence-electron chi connectivity index (χ1n) is 6.39. The SMILES string of the molecule is CCS(=O)(=O)CC(C)NCCCOCC(C)C. The molecule has 0 radical (unpaired) electrons. The van der Waals surface area contributed by atoms with Crippen LogP contribution in [0.4, 0.5) is 0 Å². The van der Waals surface area contributed by atoms with Crippen LogP contribution in [0.15, 0.2) is 0 Å². The molecule has 0 bridgehead atoms. The number of nitrogens with one attached hydrogen (secondary N) is 1. The van der Waals surface area contributed by atoms with Crippen molar-refractivity contribution in [1.29, 1.82) is 0 Å². The second kappa shape index (κ2) is 8.89. The molecule has 0 saturated carbocycles. The average molecular weight is 265 g/mol. The summed E-state index contributed by atoms with van der Waals surface area (Å²) >= 11 is 0. The fraction of sp³-hybridized carbons (Fsp3) is 1.00. The molecule has 0 aromatic heterocycles. The highest BCUT2D eigenvalue weighted by atomic mass is 32.2. The van der Waals surface area contributed by atoms with Crippen molar-refractivity contribution in [2.45, 2.75) is 40.2 Å². The normalized spacial score (nSPS) is 14.2. The van der Waals surface area contributed by atoms with E-state index in [1.807, 2.05) is 6.92 Å². The summed E-state index contributed by atoms with van der Waals surface area (Å²) < 4.78 is 28.2. The molecule has 1 atom stereocenters. The van der Waals surface area contributed by atoms with E-state index in [2.05, 4.69) is 19.2 Å². The number of rotatable bonds is 10. The first-order valence-corrected chi connectivity index (χ1v) is 8.21. The largest absolute Gasteiger partial charge is 0.381 e. The van der Waals surface area contributed by atoms with Crippen molar-refractivity contribution in [2.24, 2.45) is 5.92 Å². The van der Waals surface area contributed by atoms with E-state index in [0.717, 1.165) is 26.2 Å². The molecule has 0 aliphatic rings. The predicted octanol–water partition coefficient (Wildman–Crippen LogP) is 1.46. The van der Waals surface area contributed by atoms with Gasteiger partial charge in [0.2, 0.25) is 0 Å². The van der Waals surface area contributed by atoms with E-state index < -0.39 is 9.84 Å². The zero-order chi connectivity index (χ0) is 13.3. The Bertz CT molecular complexity index is 275. The summed E-state index contributed by atoms with van der Waals surface area (Å²) in [6.07, 6.45) is 0.920. The summed E-state index contributed by atoms with van der Waals surface area (Å²) in [7, 11) is -2.87. The molecule has 0 aliphatic carbocycles. The van der Waals surface area contributed by atoms with Gasteiger partial charge in [-0.25, -0.2) is 8.42 Å². The van der Waals surface area contributed by atoms with Crippen LogP contribution < -0.4 is 5.32 Å². The molecular formula is C12H27NO3S. The molecule has 0 heterocycles. The molecule has 0 saturated heterocycles. The Morgan fingerprint density at radius 1 is 1.24 bits per heavy atom. The Hall–Kier alpha value is -0.130. The molecule has 104 valence electrons. The number of hydrogen-bond donors (Lipinski definition) is 1. The lowest BCUT2D eigenvalue weighted by atomic mass is 10.2. The highest BCUT2D eigenvalue weighted by Crippen LogP contribution is 1.96. The molecular weight excluding hydrogens is 238 g/mol. The van der Waals surface area contributed by atoms with Crippen LogP contribution >= 0.6 is 0 Å². The average Bonchev–Trinajstić information content (AvgIpc) is 2.22. The molecule has 0 fully saturated rings. The van der Waals surface area contributed by atoms with Crippen molar-refractivity contribution in [1.82, 2.24) is 5.32 Å². The van der Waals surface area contributed by atoms with Crippen molar-refractivity contribution < 1.29 is 13.2 Å². The van der Waals surface area contributed by atoms with E-state index in [0.29, 0.717) is 5.92 Å². The van der Waals surface area contributed by atoms with Gasteiger partial charge >= 0.3 is 0 Å². The first-order chi connectivity index (χ1) is 7.87. The fourth-order valence-corrected chi connectivity index (χ4v) is 2.51. The lowest BCUT2D eigenvalue weighted by Gasteiger charge is -2.13. The van der Waals surface area contributed by atoms with Gasteiger partial charge in [-0.1, -0.05) is 20.8 Å². The van der Waals surface area contributed by atoms with Gasteiger partial charge in [0.15, 0.2) is 9.84 Å². The van der Waals surface area contributed by atoms with Gasteiger partial charge in [0.25, 0.3) is 0 Å². The quantitative estimate of drug-likeness (QED) is 0.608. The monoisotopic (exact) mass is 265 g/mol. The standard InChI is InChI=1S/C12H27NO3S/c1-5-17(14,15)10-12(4)13-7-6-8-16-9-11(2)3/h11-13H,5-10H2,1-4H3. The maximum Gasteiger partial charge on any atom is 0.151 e. The highest BCUT2D eigenvalue weighted by Gasteiger charge is 2.12. The highest BCUT2D eigenvalue weighted by molar-refractivity contribution is 7.91. The van der Waals surface area contributed by atoms with Crippen molar-refractivity contribution in [3.05, 3.63) is 0 Å². The van der Waals surface area contributed by atoms with Gasteiger partial charge < -0.3 is 10.1 Å². The van der Waals surface area contributed by atoms with Crippen molar-refractivity contribution in [2.75, 3.05) is 31.3 Å². The van der Waals surface area contributed by atoms with Crippen LogP contribution in [0.1, 0.15) is 34.1 Å². The van der Waals surface area contributed by atoms with E-state index in [-0.39, 0.29) is 17.5 Å². The third kappa shape index (κ3) is 10.7. The Labute approximate surface area is 106 Å². The maximum absolute atomic E-state index is 11.4. The molecule has 0 amide bonds. The van der Waals surface area contributed by atoms with Gasteiger partial charge in [-0.3, -0.25) is 0 Å². The van der Waals surface area contributed by atoms with Crippen LogP contribution in [-0.4, -0.2) is 45.7 Å². The first kappa shape index (κ1) is 16.9. The Morgan fingerprint density at radius 2 is 1.88 bits per heavy atom. The van der Waals surface area contributed by atoms with Crippen LogP contribution in [0.5, 0.6) is 0 Å². The second-order valence-corrected chi connectivity index (χ2v) is 7.27. The van der Waals surface area contributed by atoms with Gasteiger partial charge in [0.05, 0.1) is 5.75 Å². The molecule has 0 rings (SSSR count). The lowest BCUT2D eigenvalue weighted by molar-refractivity contribution is 0.107. The van der Waals surface area contributed by atoms with Crippen LogP contribution in [0.2, 0.25) is 0 Å². The molecule has 0 aromatic carbocycles. The van der Waals surface area contributed by atoms with Crippen LogP contribution in [0.3, 0.4) is 0 Å². The summed E-state index contributed by atoms with van der Waals surface area (Å²) in [4.78, 5) is 0. The Balaban J connectivity index is 3.49. The molecule has 0 aliphatic heterocycles. The van der Waals surface area contributed by atoms with Gasteiger partial charge in [0.1, 0.15) is 0 Å². The Morgan fingerprint density at radius 3 is 2.41 bits per heavy atom. The molecule has 0 aromatic rings. The fourth-order valence-electron chi connectivity index (χ4n) is 1.40. The maximum atomic E-state index is 11.4. The number of ether oxygens (including phenoxy) is 1. The van der Waals surface area contributed by atoms with Gasteiger partial charge in [-0.15, -0.1) is 0 Å². The minimum atomic E-state index is -2.87. The molecule has 5 heteroatoms. The minimum Gasteiger partial charge on any atom is -0.381 e. The summed E-state index contributed by atoms with van der Waals surface area (Å²) in [6, 6.07) is 0.0186. The number of hydrogen-bond acceptors (Lipinski definition) is 4.